The van der Waals surface area contributed by atoms with Crippen molar-refractivity contribution in [3.05, 3.63) is 24.3 Å². The molecule has 0 aromatic heterocycles. The fraction of sp³-hybridized carbons (Fsp3) is 0.600. The average Bonchev–Trinajstić information content (AvgIpc) is 2.66. The number of allylic oxidation sites excluding steroid dienone is 1. The Kier molecular flexibility index (Phi) is 1.61. The van der Waals surface area contributed by atoms with Crippen molar-refractivity contribution in [3.63, 3.8) is 0 Å². The van der Waals surface area contributed by atoms with Crippen molar-refractivity contribution < 1.29 is 4.74 Å². The van der Waals surface area contributed by atoms with Crippen LogP contribution >= 0.6 is 0 Å². The molecule has 0 aromatic rings. The van der Waals surface area contributed by atoms with Gasteiger partial charge in [0.25, 0.3) is 0 Å². The second-order valence-corrected chi connectivity index (χ2v) is 3.54. The lowest BCUT2D eigenvalue weighted by atomic mass is 9.89. The van der Waals surface area contributed by atoms with E-state index in [0.717, 1.165) is 12.8 Å². The van der Waals surface area contributed by atoms with Gasteiger partial charge in [-0.25, -0.2) is 0 Å². The first kappa shape index (κ1) is 7.11. The molecule has 1 aliphatic heterocycles. The number of epoxide rings is 1. The van der Waals surface area contributed by atoms with Gasteiger partial charge in [-0.05, 0) is 19.8 Å². The molecule has 1 heterocycles. The summed E-state index contributed by atoms with van der Waals surface area (Å²) in [5.74, 6) is 0.617. The standard InChI is InChI=1S/C10H14O/c1-3-4-8-5-7(2)6-9-10(8)11-9/h3,5,8-10H,1,4,6H2,2H3/t8-,9+,10-/m0/s1. The van der Waals surface area contributed by atoms with E-state index in [4.69, 9.17) is 4.74 Å². The summed E-state index contributed by atoms with van der Waals surface area (Å²) in [6.45, 7) is 5.94. The van der Waals surface area contributed by atoms with Gasteiger partial charge in [-0.3, -0.25) is 0 Å². The molecule has 2 rings (SSSR count). The molecule has 1 heteroatoms. The number of hydrogen-bond acceptors (Lipinski definition) is 1. The number of fused-ring (bicyclic) bond motifs is 1. The zero-order valence-corrected chi connectivity index (χ0v) is 6.92. The zero-order valence-electron chi connectivity index (χ0n) is 6.92. The van der Waals surface area contributed by atoms with Crippen LogP contribution in [0.4, 0.5) is 0 Å². The number of rotatable bonds is 2. The van der Waals surface area contributed by atoms with E-state index in [-0.39, 0.29) is 0 Å². The molecule has 0 aromatic carbocycles. The van der Waals surface area contributed by atoms with Crippen LogP contribution in [0.1, 0.15) is 19.8 Å². The van der Waals surface area contributed by atoms with Crippen LogP contribution in [0.2, 0.25) is 0 Å². The van der Waals surface area contributed by atoms with Crippen molar-refractivity contribution in [3.8, 4) is 0 Å². The summed E-state index contributed by atoms with van der Waals surface area (Å²) < 4.78 is 5.51. The van der Waals surface area contributed by atoms with Gasteiger partial charge in [-0.1, -0.05) is 17.7 Å². The molecular weight excluding hydrogens is 136 g/mol. The van der Waals surface area contributed by atoms with Crippen molar-refractivity contribution in [1.82, 2.24) is 0 Å². The summed E-state index contributed by atoms with van der Waals surface area (Å²) in [6.07, 6.45) is 7.62. The van der Waals surface area contributed by atoms with Crippen LogP contribution in [0.25, 0.3) is 0 Å². The lowest BCUT2D eigenvalue weighted by Gasteiger charge is -2.13. The molecule has 2 aliphatic rings. The molecule has 1 nitrogen and oxygen atoms in total. The molecule has 11 heavy (non-hydrogen) atoms. The van der Waals surface area contributed by atoms with Crippen LogP contribution in [0.3, 0.4) is 0 Å². The minimum Gasteiger partial charge on any atom is -0.369 e. The van der Waals surface area contributed by atoms with Crippen LogP contribution in [0.5, 0.6) is 0 Å². The van der Waals surface area contributed by atoms with Crippen molar-refractivity contribution >= 4 is 0 Å². The number of ether oxygens (including phenoxy) is 1. The molecule has 1 aliphatic carbocycles. The van der Waals surface area contributed by atoms with Gasteiger partial charge in [-0.15, -0.1) is 6.58 Å². The third kappa shape index (κ3) is 1.25. The molecule has 3 atom stereocenters. The zero-order chi connectivity index (χ0) is 7.84. The molecule has 1 saturated heterocycles. The Labute approximate surface area is 67.7 Å². The van der Waals surface area contributed by atoms with Gasteiger partial charge in [-0.2, -0.15) is 0 Å². The Morgan fingerprint density at radius 3 is 3.36 bits per heavy atom. The van der Waals surface area contributed by atoms with E-state index in [1.807, 2.05) is 6.08 Å². The lowest BCUT2D eigenvalue weighted by molar-refractivity contribution is 0.345. The molecular formula is C10H14O. The fourth-order valence-corrected chi connectivity index (χ4v) is 1.94. The summed E-state index contributed by atoms with van der Waals surface area (Å²) in [7, 11) is 0. The van der Waals surface area contributed by atoms with E-state index in [2.05, 4.69) is 19.6 Å². The quantitative estimate of drug-likeness (QED) is 0.434. The second kappa shape index (κ2) is 2.49. The van der Waals surface area contributed by atoms with Gasteiger partial charge < -0.3 is 4.74 Å². The van der Waals surface area contributed by atoms with Crippen LogP contribution in [0.15, 0.2) is 24.3 Å². The normalized spacial score (nSPS) is 40.8. The first-order valence-corrected chi connectivity index (χ1v) is 4.25. The fourth-order valence-electron chi connectivity index (χ4n) is 1.94. The van der Waals surface area contributed by atoms with E-state index < -0.39 is 0 Å². The van der Waals surface area contributed by atoms with Gasteiger partial charge in [0.05, 0.1) is 12.2 Å². The van der Waals surface area contributed by atoms with E-state index in [9.17, 15) is 0 Å². The number of hydrogen-bond donors (Lipinski definition) is 0. The Morgan fingerprint density at radius 1 is 1.82 bits per heavy atom. The maximum atomic E-state index is 5.51. The first-order chi connectivity index (χ1) is 5.31. The molecule has 0 N–H and O–H groups in total. The minimum atomic E-state index is 0.525. The second-order valence-electron chi connectivity index (χ2n) is 3.54. The third-order valence-corrected chi connectivity index (χ3v) is 2.50. The summed E-state index contributed by atoms with van der Waals surface area (Å²) >= 11 is 0. The van der Waals surface area contributed by atoms with Gasteiger partial charge in [0, 0.05) is 5.92 Å². The van der Waals surface area contributed by atoms with Gasteiger partial charge in [0.15, 0.2) is 0 Å². The maximum absolute atomic E-state index is 5.51. The SMILES string of the molecule is C=CC[C@H]1C=C(C)C[C@H]2O[C@@H]12. The van der Waals surface area contributed by atoms with Crippen molar-refractivity contribution in [2.75, 3.05) is 0 Å². The minimum absolute atomic E-state index is 0.525. The summed E-state index contributed by atoms with van der Waals surface area (Å²) in [6, 6.07) is 0. The lowest BCUT2D eigenvalue weighted by Crippen LogP contribution is -2.12. The molecule has 60 valence electrons. The highest BCUT2D eigenvalue weighted by molar-refractivity contribution is 5.17. The van der Waals surface area contributed by atoms with E-state index in [0.29, 0.717) is 18.1 Å². The van der Waals surface area contributed by atoms with Crippen molar-refractivity contribution in [2.24, 2.45) is 5.92 Å². The molecule has 0 amide bonds. The Balaban J connectivity index is 2.06. The van der Waals surface area contributed by atoms with Crippen molar-refractivity contribution in [1.29, 1.82) is 0 Å². The topological polar surface area (TPSA) is 12.5 Å². The van der Waals surface area contributed by atoms with Gasteiger partial charge in [0.1, 0.15) is 0 Å². The highest BCUT2D eigenvalue weighted by atomic mass is 16.6. The first-order valence-electron chi connectivity index (χ1n) is 4.25. The molecule has 1 fully saturated rings. The van der Waals surface area contributed by atoms with E-state index in [1.54, 1.807) is 0 Å². The summed E-state index contributed by atoms with van der Waals surface area (Å²) in [5, 5.41) is 0. The highest BCUT2D eigenvalue weighted by Gasteiger charge is 2.45. The van der Waals surface area contributed by atoms with Gasteiger partial charge in [0.2, 0.25) is 0 Å². The van der Waals surface area contributed by atoms with Crippen LogP contribution in [-0.2, 0) is 4.74 Å². The third-order valence-electron chi connectivity index (χ3n) is 2.50. The maximum Gasteiger partial charge on any atom is 0.0910 e. The largest absolute Gasteiger partial charge is 0.369 e. The van der Waals surface area contributed by atoms with Gasteiger partial charge >= 0.3 is 0 Å². The molecule has 0 bridgehead atoms. The smallest absolute Gasteiger partial charge is 0.0910 e. The van der Waals surface area contributed by atoms with E-state index in [1.165, 1.54) is 5.57 Å². The predicted molar refractivity (Wildman–Crippen MR) is 45.3 cm³/mol. The molecule has 0 spiro atoms. The summed E-state index contributed by atoms with van der Waals surface area (Å²) in [4.78, 5) is 0. The molecule has 0 radical (unpaired) electrons. The Bertz CT molecular complexity index is 205. The Hall–Kier alpha value is -0.560. The summed E-state index contributed by atoms with van der Waals surface area (Å²) in [5.41, 5.74) is 1.48. The molecule has 0 unspecified atom stereocenters. The van der Waals surface area contributed by atoms with E-state index >= 15 is 0 Å². The predicted octanol–water partition coefficient (Wildman–Crippen LogP) is 2.30. The molecule has 0 saturated carbocycles. The average molecular weight is 150 g/mol. The van der Waals surface area contributed by atoms with Crippen LogP contribution in [0, 0.1) is 5.92 Å². The van der Waals surface area contributed by atoms with Crippen LogP contribution < -0.4 is 0 Å². The van der Waals surface area contributed by atoms with Crippen LogP contribution in [-0.4, -0.2) is 12.2 Å². The monoisotopic (exact) mass is 150 g/mol. The van der Waals surface area contributed by atoms with Crippen molar-refractivity contribution in [2.45, 2.75) is 32.0 Å². The Morgan fingerprint density at radius 2 is 2.64 bits per heavy atom. The highest BCUT2D eigenvalue weighted by Crippen LogP contribution is 2.41.